The number of carboxylic acids is 1. The Bertz CT molecular complexity index is 823. The molecule has 0 bridgehead atoms. The van der Waals surface area contributed by atoms with Crippen LogP contribution in [-0.4, -0.2) is 34.8 Å². The molecular formula is C19H18N2O4S. The van der Waals surface area contributed by atoms with E-state index in [1.807, 2.05) is 48.5 Å². The van der Waals surface area contributed by atoms with Crippen molar-refractivity contribution in [3.63, 3.8) is 0 Å². The fraction of sp³-hybridized carbons (Fsp3) is 0.211. The zero-order valence-electron chi connectivity index (χ0n) is 13.8. The van der Waals surface area contributed by atoms with Crippen LogP contribution in [0.25, 0.3) is 11.1 Å². The zero-order chi connectivity index (χ0) is 18.7. The van der Waals surface area contributed by atoms with Crippen molar-refractivity contribution in [3.8, 4) is 11.1 Å². The quantitative estimate of drug-likeness (QED) is 0.676. The lowest BCUT2D eigenvalue weighted by atomic mass is 9.98. The number of hydrogen-bond donors (Lipinski definition) is 3. The molecule has 0 radical (unpaired) electrons. The van der Waals surface area contributed by atoms with Crippen LogP contribution in [0.15, 0.2) is 48.5 Å². The monoisotopic (exact) mass is 370 g/mol. The first kappa shape index (κ1) is 17.9. The average Bonchev–Trinajstić information content (AvgIpc) is 2.93. The maximum atomic E-state index is 12.0. The van der Waals surface area contributed by atoms with E-state index in [1.165, 1.54) is 0 Å². The van der Waals surface area contributed by atoms with Gasteiger partial charge in [-0.3, -0.25) is 0 Å². The van der Waals surface area contributed by atoms with Gasteiger partial charge in [0.25, 0.3) is 0 Å². The Morgan fingerprint density at radius 3 is 2.15 bits per heavy atom. The molecule has 1 aliphatic carbocycles. The number of aliphatic carboxylic acids is 1. The van der Waals surface area contributed by atoms with Crippen molar-refractivity contribution in [1.29, 1.82) is 0 Å². The molecule has 0 aromatic heterocycles. The average molecular weight is 370 g/mol. The van der Waals surface area contributed by atoms with Gasteiger partial charge in [-0.2, -0.15) is 0 Å². The van der Waals surface area contributed by atoms with E-state index in [0.29, 0.717) is 0 Å². The number of carboxylic acid groups (broad SMARTS) is 1. The highest BCUT2D eigenvalue weighted by Crippen LogP contribution is 2.44. The Hall–Kier alpha value is -2.93. The van der Waals surface area contributed by atoms with E-state index < -0.39 is 18.1 Å². The highest BCUT2D eigenvalue weighted by atomic mass is 32.1. The molecule has 0 saturated heterocycles. The van der Waals surface area contributed by atoms with Crippen LogP contribution in [0.5, 0.6) is 0 Å². The largest absolute Gasteiger partial charge is 0.480 e. The predicted molar refractivity (Wildman–Crippen MR) is 101 cm³/mol. The summed E-state index contributed by atoms with van der Waals surface area (Å²) in [6.45, 7) is 0.110. The molecule has 26 heavy (non-hydrogen) atoms. The maximum absolute atomic E-state index is 12.0. The number of nitrogens with two attached hydrogens (primary N) is 1. The standard InChI is InChI=1S/C19H18N2O4S/c20-17(26)9-16(18(22)23)21-19(24)25-10-15-13-7-3-1-5-11(13)12-6-2-4-8-14(12)15/h1-8,15-16H,9-10H2,(H2,20,26)(H,21,24)(H,22,23). The van der Waals surface area contributed by atoms with E-state index in [9.17, 15) is 9.59 Å². The van der Waals surface area contributed by atoms with Gasteiger partial charge >= 0.3 is 12.1 Å². The molecular weight excluding hydrogens is 352 g/mol. The number of alkyl carbamates (subject to hydrolysis) is 1. The van der Waals surface area contributed by atoms with Crippen LogP contribution >= 0.6 is 12.2 Å². The van der Waals surface area contributed by atoms with Gasteiger partial charge in [-0.1, -0.05) is 60.7 Å². The number of benzene rings is 2. The van der Waals surface area contributed by atoms with Gasteiger partial charge in [-0.25, -0.2) is 9.59 Å². The summed E-state index contributed by atoms with van der Waals surface area (Å²) < 4.78 is 5.30. The lowest BCUT2D eigenvalue weighted by molar-refractivity contribution is -0.139. The zero-order valence-corrected chi connectivity index (χ0v) is 14.7. The molecule has 6 nitrogen and oxygen atoms in total. The minimum atomic E-state index is -1.22. The summed E-state index contributed by atoms with van der Waals surface area (Å²) in [4.78, 5) is 23.2. The first-order valence-corrected chi connectivity index (χ1v) is 8.51. The molecule has 0 saturated carbocycles. The molecule has 0 aliphatic heterocycles. The molecule has 3 rings (SSSR count). The number of rotatable bonds is 6. The van der Waals surface area contributed by atoms with E-state index in [0.717, 1.165) is 22.3 Å². The SMILES string of the molecule is NC(=S)CC(NC(=O)OCC1c2ccccc2-c2ccccc21)C(=O)O. The van der Waals surface area contributed by atoms with E-state index in [-0.39, 0.29) is 23.9 Å². The lowest BCUT2D eigenvalue weighted by Gasteiger charge is -2.17. The molecule has 0 fully saturated rings. The third-order valence-electron chi connectivity index (χ3n) is 4.34. The van der Waals surface area contributed by atoms with Gasteiger partial charge in [0.15, 0.2) is 0 Å². The third-order valence-corrected chi connectivity index (χ3v) is 4.51. The number of amides is 1. The molecule has 4 N–H and O–H groups in total. The molecule has 2 aromatic carbocycles. The molecule has 134 valence electrons. The Labute approximate surface area is 156 Å². The number of fused-ring (bicyclic) bond motifs is 3. The van der Waals surface area contributed by atoms with Gasteiger partial charge in [0.05, 0.1) is 4.99 Å². The third kappa shape index (κ3) is 3.67. The molecule has 0 spiro atoms. The summed E-state index contributed by atoms with van der Waals surface area (Å²) >= 11 is 4.71. The first-order valence-electron chi connectivity index (χ1n) is 8.10. The van der Waals surface area contributed by atoms with Crippen molar-refractivity contribution >= 4 is 29.3 Å². The second kappa shape index (κ2) is 7.53. The van der Waals surface area contributed by atoms with E-state index in [2.05, 4.69) is 5.32 Å². The number of carbonyl (C=O) groups is 2. The molecule has 2 aromatic rings. The van der Waals surface area contributed by atoms with Crippen LogP contribution < -0.4 is 11.1 Å². The molecule has 1 unspecified atom stereocenters. The van der Waals surface area contributed by atoms with Gasteiger partial charge in [0.2, 0.25) is 0 Å². The predicted octanol–water partition coefficient (Wildman–Crippen LogP) is 2.65. The highest BCUT2D eigenvalue weighted by Gasteiger charge is 2.29. The van der Waals surface area contributed by atoms with Gasteiger partial charge in [-0.05, 0) is 22.3 Å². The number of nitrogens with one attached hydrogen (secondary N) is 1. The topological polar surface area (TPSA) is 102 Å². The van der Waals surface area contributed by atoms with Crippen molar-refractivity contribution in [2.75, 3.05) is 6.61 Å². The van der Waals surface area contributed by atoms with Crippen LogP contribution in [0.1, 0.15) is 23.5 Å². The maximum Gasteiger partial charge on any atom is 0.407 e. The Balaban J connectivity index is 1.71. The van der Waals surface area contributed by atoms with Crippen molar-refractivity contribution < 1.29 is 19.4 Å². The number of hydrogen-bond acceptors (Lipinski definition) is 4. The minimum absolute atomic E-state index is 0.0105. The number of carbonyl (C=O) groups excluding carboxylic acids is 1. The van der Waals surface area contributed by atoms with E-state index in [4.69, 9.17) is 27.8 Å². The van der Waals surface area contributed by atoms with Gasteiger partial charge in [0, 0.05) is 12.3 Å². The van der Waals surface area contributed by atoms with Crippen molar-refractivity contribution in [2.45, 2.75) is 18.4 Å². The van der Waals surface area contributed by atoms with E-state index >= 15 is 0 Å². The minimum Gasteiger partial charge on any atom is -0.480 e. The van der Waals surface area contributed by atoms with Crippen LogP contribution in [0.3, 0.4) is 0 Å². The van der Waals surface area contributed by atoms with Crippen molar-refractivity contribution in [3.05, 3.63) is 59.7 Å². The lowest BCUT2D eigenvalue weighted by Crippen LogP contribution is -2.43. The van der Waals surface area contributed by atoms with Gasteiger partial charge < -0.3 is 20.9 Å². The molecule has 1 aliphatic rings. The molecule has 7 heteroatoms. The Morgan fingerprint density at radius 1 is 1.12 bits per heavy atom. The normalized spacial score (nSPS) is 13.4. The number of ether oxygens (including phenoxy) is 1. The van der Waals surface area contributed by atoms with Crippen LogP contribution in [0, 0.1) is 0 Å². The van der Waals surface area contributed by atoms with Crippen LogP contribution in [0.4, 0.5) is 4.79 Å². The van der Waals surface area contributed by atoms with Crippen molar-refractivity contribution in [1.82, 2.24) is 5.32 Å². The van der Waals surface area contributed by atoms with Crippen molar-refractivity contribution in [2.24, 2.45) is 5.73 Å². The van der Waals surface area contributed by atoms with Crippen LogP contribution in [-0.2, 0) is 9.53 Å². The molecule has 1 amide bonds. The highest BCUT2D eigenvalue weighted by molar-refractivity contribution is 7.80. The molecule has 1 atom stereocenters. The van der Waals surface area contributed by atoms with Gasteiger partial charge in [-0.15, -0.1) is 0 Å². The number of thiocarbonyl (C=S) groups is 1. The summed E-state index contributed by atoms with van der Waals surface area (Å²) in [6.07, 6.45) is -0.940. The fourth-order valence-electron chi connectivity index (χ4n) is 3.18. The Kier molecular flexibility index (Phi) is 5.18. The van der Waals surface area contributed by atoms with Crippen LogP contribution in [0.2, 0.25) is 0 Å². The first-order chi connectivity index (χ1) is 12.5. The summed E-state index contributed by atoms with van der Waals surface area (Å²) in [5.74, 6) is -1.31. The summed E-state index contributed by atoms with van der Waals surface area (Å²) in [7, 11) is 0. The summed E-state index contributed by atoms with van der Waals surface area (Å²) in [5.41, 5.74) is 9.77. The smallest absolute Gasteiger partial charge is 0.407 e. The second-order valence-electron chi connectivity index (χ2n) is 6.03. The van der Waals surface area contributed by atoms with Gasteiger partial charge in [0.1, 0.15) is 12.6 Å². The fourth-order valence-corrected chi connectivity index (χ4v) is 3.35. The van der Waals surface area contributed by atoms with E-state index in [1.54, 1.807) is 0 Å². The summed E-state index contributed by atoms with van der Waals surface area (Å²) in [5, 5.41) is 11.4. The summed E-state index contributed by atoms with van der Waals surface area (Å²) in [6, 6.07) is 14.7. The second-order valence-corrected chi connectivity index (χ2v) is 6.56. The Morgan fingerprint density at radius 2 is 1.65 bits per heavy atom. The molecule has 0 heterocycles.